The van der Waals surface area contributed by atoms with Crippen molar-refractivity contribution in [1.29, 1.82) is 0 Å². The van der Waals surface area contributed by atoms with Crippen LogP contribution >= 0.6 is 24.0 Å². The Hall–Kier alpha value is -2.43. The van der Waals surface area contributed by atoms with Crippen molar-refractivity contribution >= 4 is 35.8 Å². The maximum atomic E-state index is 13.0. The number of ether oxygens (including phenoxy) is 1. The molecule has 0 aliphatic carbocycles. The molecule has 0 saturated carbocycles. The second-order valence-electron chi connectivity index (χ2n) is 7.08. The minimum Gasteiger partial charge on any atom is -0.439 e. The average molecular weight is 527 g/mol. The van der Waals surface area contributed by atoms with E-state index in [0.717, 1.165) is 37.5 Å². The summed E-state index contributed by atoms with van der Waals surface area (Å²) in [5.74, 6) is 1.43. The molecular weight excluding hydrogens is 500 g/mol. The Balaban J connectivity index is 0.00000320. The number of rotatable bonds is 6. The van der Waals surface area contributed by atoms with Crippen LogP contribution in [0.5, 0.6) is 11.6 Å². The SMILES string of the molecule is CN=C(NCc1ccnc(Oc2ccc(F)cc2)c1)N1CCCC(CC(N)=O)C1.I. The molecule has 7 nitrogen and oxygen atoms in total. The van der Waals surface area contributed by atoms with Gasteiger partial charge in [0.25, 0.3) is 0 Å². The van der Waals surface area contributed by atoms with Gasteiger partial charge in [0.1, 0.15) is 11.6 Å². The van der Waals surface area contributed by atoms with E-state index in [1.54, 1.807) is 25.4 Å². The molecule has 9 heteroatoms. The molecule has 1 aliphatic heterocycles. The van der Waals surface area contributed by atoms with E-state index >= 15 is 0 Å². The largest absolute Gasteiger partial charge is 0.439 e. The number of carbonyl (C=O) groups excluding carboxylic acids is 1. The normalized spacial score (nSPS) is 16.5. The molecule has 0 radical (unpaired) electrons. The van der Waals surface area contributed by atoms with E-state index < -0.39 is 0 Å². The maximum absolute atomic E-state index is 13.0. The minimum atomic E-state index is -0.314. The number of nitrogens with two attached hydrogens (primary N) is 1. The van der Waals surface area contributed by atoms with Crippen molar-refractivity contribution in [2.75, 3.05) is 20.1 Å². The fraction of sp³-hybridized carbons (Fsp3) is 0.381. The van der Waals surface area contributed by atoms with Crippen LogP contribution in [0.3, 0.4) is 0 Å². The zero-order chi connectivity index (χ0) is 20.6. The van der Waals surface area contributed by atoms with Crippen molar-refractivity contribution in [2.45, 2.75) is 25.8 Å². The number of hydrogen-bond donors (Lipinski definition) is 2. The van der Waals surface area contributed by atoms with E-state index in [2.05, 4.69) is 20.2 Å². The van der Waals surface area contributed by atoms with Gasteiger partial charge in [-0.2, -0.15) is 0 Å². The van der Waals surface area contributed by atoms with Gasteiger partial charge in [-0.3, -0.25) is 9.79 Å². The van der Waals surface area contributed by atoms with Gasteiger partial charge in [-0.1, -0.05) is 0 Å². The summed E-state index contributed by atoms with van der Waals surface area (Å²) in [6.07, 6.45) is 4.08. The summed E-state index contributed by atoms with van der Waals surface area (Å²) < 4.78 is 18.7. The van der Waals surface area contributed by atoms with Crippen molar-refractivity contribution < 1.29 is 13.9 Å². The molecule has 0 spiro atoms. The van der Waals surface area contributed by atoms with Gasteiger partial charge in [0.2, 0.25) is 11.8 Å². The highest BCUT2D eigenvalue weighted by atomic mass is 127. The van der Waals surface area contributed by atoms with Crippen LogP contribution in [0, 0.1) is 11.7 Å². The third-order valence-electron chi connectivity index (χ3n) is 4.81. The average Bonchev–Trinajstić information content (AvgIpc) is 2.70. The number of pyridine rings is 1. The molecule has 1 aromatic carbocycles. The lowest BCUT2D eigenvalue weighted by molar-refractivity contribution is -0.119. The lowest BCUT2D eigenvalue weighted by atomic mass is 9.95. The highest BCUT2D eigenvalue weighted by Crippen LogP contribution is 2.21. The summed E-state index contributed by atoms with van der Waals surface area (Å²) in [5.41, 5.74) is 6.32. The molecule has 3 rings (SSSR count). The first-order valence-electron chi connectivity index (χ1n) is 9.65. The number of halogens is 2. The van der Waals surface area contributed by atoms with Crippen LogP contribution in [0.4, 0.5) is 4.39 Å². The van der Waals surface area contributed by atoms with Crippen molar-refractivity contribution in [2.24, 2.45) is 16.6 Å². The summed E-state index contributed by atoms with van der Waals surface area (Å²) in [7, 11) is 1.75. The summed E-state index contributed by atoms with van der Waals surface area (Å²) in [4.78, 5) is 22.0. The van der Waals surface area contributed by atoms with Gasteiger partial charge in [-0.15, -0.1) is 24.0 Å². The minimum absolute atomic E-state index is 0. The van der Waals surface area contributed by atoms with Gasteiger partial charge in [0.15, 0.2) is 5.96 Å². The van der Waals surface area contributed by atoms with E-state index in [1.807, 2.05) is 12.1 Å². The number of guanidine groups is 1. The van der Waals surface area contributed by atoms with Gasteiger partial charge in [0, 0.05) is 45.4 Å². The Morgan fingerprint density at radius 2 is 2.13 bits per heavy atom. The predicted molar refractivity (Wildman–Crippen MR) is 124 cm³/mol. The molecule has 162 valence electrons. The number of primary amides is 1. The Kier molecular flexibility index (Phi) is 9.28. The van der Waals surface area contributed by atoms with E-state index in [1.165, 1.54) is 12.1 Å². The highest BCUT2D eigenvalue weighted by Gasteiger charge is 2.23. The topological polar surface area (TPSA) is 92.8 Å². The molecule has 2 aromatic rings. The molecular formula is C21H27FIN5O2. The number of nitrogens with one attached hydrogen (secondary N) is 1. The van der Waals surface area contributed by atoms with Gasteiger partial charge in [0.05, 0.1) is 0 Å². The molecule has 1 saturated heterocycles. The smallest absolute Gasteiger partial charge is 0.219 e. The second-order valence-corrected chi connectivity index (χ2v) is 7.08. The Bertz CT molecular complexity index is 863. The molecule has 0 bridgehead atoms. The molecule has 1 unspecified atom stereocenters. The number of piperidine rings is 1. The van der Waals surface area contributed by atoms with Crippen LogP contribution in [0.25, 0.3) is 0 Å². The molecule has 1 amide bonds. The zero-order valence-electron chi connectivity index (χ0n) is 16.9. The number of aliphatic imine (C=N–C) groups is 1. The maximum Gasteiger partial charge on any atom is 0.219 e. The summed E-state index contributed by atoms with van der Waals surface area (Å²) >= 11 is 0. The predicted octanol–water partition coefficient (Wildman–Crippen LogP) is 3.29. The summed E-state index contributed by atoms with van der Waals surface area (Å²) in [6, 6.07) is 9.52. The van der Waals surface area contributed by atoms with E-state index in [4.69, 9.17) is 10.5 Å². The fourth-order valence-electron chi connectivity index (χ4n) is 3.46. The lowest BCUT2D eigenvalue weighted by Gasteiger charge is -2.34. The fourth-order valence-corrected chi connectivity index (χ4v) is 3.46. The van der Waals surface area contributed by atoms with Gasteiger partial charge < -0.3 is 20.7 Å². The standard InChI is InChI=1S/C21H26FN5O2.HI/c1-24-21(27-10-2-3-16(14-27)11-19(23)28)26-13-15-8-9-25-20(12-15)29-18-6-4-17(22)5-7-18;/h4-9,12,16H,2-3,10-11,13-14H2,1H3,(H2,23,28)(H,24,26);1H. The molecule has 30 heavy (non-hydrogen) atoms. The van der Waals surface area contributed by atoms with Gasteiger partial charge >= 0.3 is 0 Å². The Morgan fingerprint density at radius 3 is 2.83 bits per heavy atom. The lowest BCUT2D eigenvalue weighted by Crippen LogP contribution is -2.46. The second kappa shape index (κ2) is 11.7. The quantitative estimate of drug-likeness (QED) is 0.342. The van der Waals surface area contributed by atoms with Crippen LogP contribution in [0.15, 0.2) is 47.6 Å². The first-order chi connectivity index (χ1) is 14.0. The van der Waals surface area contributed by atoms with Crippen LogP contribution < -0.4 is 15.8 Å². The number of aromatic nitrogens is 1. The number of carbonyl (C=O) groups is 1. The number of nitrogens with zero attached hydrogens (tertiary/aromatic N) is 3. The molecule has 1 aromatic heterocycles. The van der Waals surface area contributed by atoms with Crippen LogP contribution in [-0.2, 0) is 11.3 Å². The molecule has 2 heterocycles. The van der Waals surface area contributed by atoms with Gasteiger partial charge in [-0.05, 0) is 54.7 Å². The van der Waals surface area contributed by atoms with E-state index in [-0.39, 0.29) is 41.6 Å². The van der Waals surface area contributed by atoms with Crippen LogP contribution in [-0.4, -0.2) is 41.9 Å². The van der Waals surface area contributed by atoms with Crippen molar-refractivity contribution in [3.8, 4) is 11.6 Å². The highest BCUT2D eigenvalue weighted by molar-refractivity contribution is 14.0. The molecule has 3 N–H and O–H groups in total. The summed E-state index contributed by atoms with van der Waals surface area (Å²) in [6.45, 7) is 2.20. The van der Waals surface area contributed by atoms with Crippen molar-refractivity contribution in [3.05, 3.63) is 54.0 Å². The van der Waals surface area contributed by atoms with E-state index in [0.29, 0.717) is 24.6 Å². The Morgan fingerprint density at radius 1 is 1.37 bits per heavy atom. The first kappa shape index (κ1) is 23.8. The Labute approximate surface area is 192 Å². The van der Waals surface area contributed by atoms with E-state index in [9.17, 15) is 9.18 Å². The third-order valence-corrected chi connectivity index (χ3v) is 4.81. The number of hydrogen-bond acceptors (Lipinski definition) is 4. The van der Waals surface area contributed by atoms with Crippen molar-refractivity contribution in [3.63, 3.8) is 0 Å². The zero-order valence-corrected chi connectivity index (χ0v) is 19.2. The van der Waals surface area contributed by atoms with Crippen LogP contribution in [0.1, 0.15) is 24.8 Å². The monoisotopic (exact) mass is 527 g/mol. The number of likely N-dealkylation sites (tertiary alicyclic amines) is 1. The van der Waals surface area contributed by atoms with Gasteiger partial charge in [-0.25, -0.2) is 9.37 Å². The third kappa shape index (κ3) is 7.12. The summed E-state index contributed by atoms with van der Waals surface area (Å²) in [5, 5.41) is 3.35. The number of amides is 1. The molecule has 1 aliphatic rings. The molecule has 1 atom stereocenters. The van der Waals surface area contributed by atoms with Crippen LogP contribution in [0.2, 0.25) is 0 Å². The molecule has 1 fully saturated rings. The first-order valence-corrected chi connectivity index (χ1v) is 9.65. The number of benzene rings is 1. The van der Waals surface area contributed by atoms with Crippen molar-refractivity contribution in [1.82, 2.24) is 15.2 Å².